The fourth-order valence-electron chi connectivity index (χ4n) is 2.64. The lowest BCUT2D eigenvalue weighted by molar-refractivity contribution is -0.122. The molecule has 1 atom stereocenters. The summed E-state index contributed by atoms with van der Waals surface area (Å²) >= 11 is 0. The minimum absolute atomic E-state index is 0.0151. The number of amides is 2. The molecule has 0 bridgehead atoms. The largest absolute Gasteiger partial charge is 0.366 e. The van der Waals surface area contributed by atoms with E-state index in [1.165, 1.54) is 0 Å². The molecule has 6 heteroatoms. The summed E-state index contributed by atoms with van der Waals surface area (Å²) in [6.45, 7) is 6.56. The van der Waals surface area contributed by atoms with Crippen LogP contribution in [0.25, 0.3) is 0 Å². The molecule has 0 saturated carbocycles. The minimum atomic E-state index is -0.431. The van der Waals surface area contributed by atoms with E-state index in [2.05, 4.69) is 15.5 Å². The second-order valence-corrected chi connectivity index (χ2v) is 5.17. The number of nitrogens with one attached hydrogen (secondary N) is 2. The molecular formula is C15H22N4O2. The van der Waals surface area contributed by atoms with Crippen LogP contribution in [0.5, 0.6) is 0 Å². The number of aryl methyl sites for hydroxylation is 1. The van der Waals surface area contributed by atoms with E-state index in [0.29, 0.717) is 18.7 Å². The maximum absolute atomic E-state index is 12.2. The molecule has 114 valence electrons. The van der Waals surface area contributed by atoms with Crippen molar-refractivity contribution in [3.63, 3.8) is 0 Å². The molecule has 1 saturated heterocycles. The summed E-state index contributed by atoms with van der Waals surface area (Å²) in [5, 5.41) is 6.11. The number of likely N-dealkylation sites (N-methyl/N-ethyl adjacent to an activating group) is 1. The summed E-state index contributed by atoms with van der Waals surface area (Å²) in [6.07, 6.45) is 0. The lowest BCUT2D eigenvalue weighted by atomic mass is 10.0. The highest BCUT2D eigenvalue weighted by Gasteiger charge is 2.28. The summed E-state index contributed by atoms with van der Waals surface area (Å²) < 4.78 is 0. The molecule has 1 aromatic rings. The van der Waals surface area contributed by atoms with Gasteiger partial charge in [-0.2, -0.15) is 0 Å². The standard InChI is InChI=1S/C15H22N4O2/c1-3-18-15(21)13-9-17-6-7-19(13)11-4-5-12(14(16)20)10(2)8-11/h4-5,8,13,17H,3,6-7,9H2,1-2H3,(H2,16,20)(H,18,21). The monoisotopic (exact) mass is 290 g/mol. The summed E-state index contributed by atoms with van der Waals surface area (Å²) in [4.78, 5) is 25.5. The van der Waals surface area contributed by atoms with Crippen LogP contribution in [0.2, 0.25) is 0 Å². The zero-order valence-corrected chi connectivity index (χ0v) is 12.5. The van der Waals surface area contributed by atoms with Crippen molar-refractivity contribution in [1.82, 2.24) is 10.6 Å². The van der Waals surface area contributed by atoms with Crippen LogP contribution in [0.1, 0.15) is 22.8 Å². The Balaban J connectivity index is 2.27. The Morgan fingerprint density at radius 3 is 2.86 bits per heavy atom. The number of rotatable bonds is 4. The quantitative estimate of drug-likeness (QED) is 0.729. The molecule has 4 N–H and O–H groups in total. The average Bonchev–Trinajstić information content (AvgIpc) is 2.47. The second-order valence-electron chi connectivity index (χ2n) is 5.17. The Morgan fingerprint density at radius 1 is 1.48 bits per heavy atom. The van der Waals surface area contributed by atoms with E-state index in [1.54, 1.807) is 6.07 Å². The molecule has 2 amide bonds. The van der Waals surface area contributed by atoms with Gasteiger partial charge in [0.15, 0.2) is 0 Å². The first kappa shape index (κ1) is 15.3. The van der Waals surface area contributed by atoms with Crippen molar-refractivity contribution in [3.05, 3.63) is 29.3 Å². The van der Waals surface area contributed by atoms with Gasteiger partial charge in [-0.05, 0) is 37.6 Å². The third-order valence-electron chi connectivity index (χ3n) is 3.70. The highest BCUT2D eigenvalue weighted by atomic mass is 16.2. The smallest absolute Gasteiger partial charge is 0.248 e. The third kappa shape index (κ3) is 3.33. The van der Waals surface area contributed by atoms with Gasteiger partial charge in [-0.3, -0.25) is 9.59 Å². The van der Waals surface area contributed by atoms with E-state index in [4.69, 9.17) is 5.73 Å². The van der Waals surface area contributed by atoms with Gasteiger partial charge in [-0.1, -0.05) is 0 Å². The van der Waals surface area contributed by atoms with Crippen molar-refractivity contribution in [3.8, 4) is 0 Å². The van der Waals surface area contributed by atoms with Crippen LogP contribution >= 0.6 is 0 Å². The van der Waals surface area contributed by atoms with Gasteiger partial charge < -0.3 is 21.3 Å². The van der Waals surface area contributed by atoms with Crippen molar-refractivity contribution in [1.29, 1.82) is 0 Å². The number of benzene rings is 1. The van der Waals surface area contributed by atoms with Gasteiger partial charge in [0.05, 0.1) is 0 Å². The number of nitrogens with zero attached hydrogens (tertiary/aromatic N) is 1. The van der Waals surface area contributed by atoms with Crippen LogP contribution in [0, 0.1) is 6.92 Å². The second kappa shape index (κ2) is 6.58. The molecule has 1 unspecified atom stereocenters. The van der Waals surface area contributed by atoms with Gasteiger partial charge >= 0.3 is 0 Å². The number of anilines is 1. The molecule has 1 heterocycles. The van der Waals surface area contributed by atoms with Crippen molar-refractivity contribution in [2.45, 2.75) is 19.9 Å². The van der Waals surface area contributed by atoms with Crippen LogP contribution in [0.4, 0.5) is 5.69 Å². The van der Waals surface area contributed by atoms with Gasteiger partial charge in [0.2, 0.25) is 11.8 Å². The summed E-state index contributed by atoms with van der Waals surface area (Å²) in [6, 6.07) is 5.25. The maximum Gasteiger partial charge on any atom is 0.248 e. The van der Waals surface area contributed by atoms with Crippen molar-refractivity contribution in [2.75, 3.05) is 31.1 Å². The van der Waals surface area contributed by atoms with E-state index in [9.17, 15) is 9.59 Å². The molecule has 21 heavy (non-hydrogen) atoms. The van der Waals surface area contributed by atoms with Gasteiger partial charge in [0.25, 0.3) is 0 Å². The fourth-order valence-corrected chi connectivity index (χ4v) is 2.64. The summed E-state index contributed by atoms with van der Waals surface area (Å²) in [5.41, 5.74) is 7.62. The van der Waals surface area contributed by atoms with Crippen LogP contribution < -0.4 is 21.3 Å². The number of nitrogens with two attached hydrogens (primary N) is 1. The normalized spacial score (nSPS) is 18.4. The SMILES string of the molecule is CCNC(=O)C1CNCCN1c1ccc(C(N)=O)c(C)c1. The molecule has 0 aliphatic carbocycles. The fraction of sp³-hybridized carbons (Fsp3) is 0.467. The van der Waals surface area contributed by atoms with E-state index in [1.807, 2.05) is 26.0 Å². The van der Waals surface area contributed by atoms with E-state index < -0.39 is 5.91 Å². The Hall–Kier alpha value is -2.08. The molecule has 2 rings (SSSR count). The predicted octanol–water partition coefficient (Wildman–Crippen LogP) is 0.00822. The molecule has 0 radical (unpaired) electrons. The van der Waals surface area contributed by atoms with Gasteiger partial charge in [-0.25, -0.2) is 0 Å². The number of piperazine rings is 1. The highest BCUT2D eigenvalue weighted by Crippen LogP contribution is 2.22. The first-order valence-corrected chi connectivity index (χ1v) is 7.20. The van der Waals surface area contributed by atoms with E-state index >= 15 is 0 Å². The van der Waals surface area contributed by atoms with Crippen LogP contribution in [0.3, 0.4) is 0 Å². The number of carbonyl (C=O) groups is 2. The first-order valence-electron chi connectivity index (χ1n) is 7.20. The van der Waals surface area contributed by atoms with Crippen LogP contribution in [-0.4, -0.2) is 44.0 Å². The van der Waals surface area contributed by atoms with Crippen molar-refractivity contribution >= 4 is 17.5 Å². The summed E-state index contributed by atoms with van der Waals surface area (Å²) in [7, 11) is 0. The van der Waals surface area contributed by atoms with Gasteiger partial charge in [-0.15, -0.1) is 0 Å². The average molecular weight is 290 g/mol. The minimum Gasteiger partial charge on any atom is -0.366 e. The van der Waals surface area contributed by atoms with Crippen molar-refractivity contribution in [2.24, 2.45) is 5.73 Å². The highest BCUT2D eigenvalue weighted by molar-refractivity contribution is 5.95. The molecule has 1 aliphatic heterocycles. The van der Waals surface area contributed by atoms with Crippen molar-refractivity contribution < 1.29 is 9.59 Å². The van der Waals surface area contributed by atoms with E-state index in [-0.39, 0.29) is 11.9 Å². The predicted molar refractivity (Wildman–Crippen MR) is 82.4 cm³/mol. The molecule has 1 aliphatic rings. The topological polar surface area (TPSA) is 87.5 Å². The lowest BCUT2D eigenvalue weighted by Crippen LogP contribution is -2.58. The molecule has 1 fully saturated rings. The third-order valence-corrected chi connectivity index (χ3v) is 3.70. The number of carbonyl (C=O) groups excluding carboxylic acids is 2. The summed E-state index contributed by atoms with van der Waals surface area (Å²) in [5.74, 6) is -0.416. The van der Waals surface area contributed by atoms with Crippen LogP contribution in [-0.2, 0) is 4.79 Å². The lowest BCUT2D eigenvalue weighted by Gasteiger charge is -2.37. The molecular weight excluding hydrogens is 268 g/mol. The van der Waals surface area contributed by atoms with Gasteiger partial charge in [0, 0.05) is 37.4 Å². The first-order chi connectivity index (χ1) is 10.0. The molecule has 1 aromatic carbocycles. The Kier molecular flexibility index (Phi) is 4.80. The number of hydrogen-bond acceptors (Lipinski definition) is 4. The zero-order valence-electron chi connectivity index (χ0n) is 12.5. The van der Waals surface area contributed by atoms with Gasteiger partial charge in [0.1, 0.15) is 6.04 Å². The Morgan fingerprint density at radius 2 is 2.24 bits per heavy atom. The Labute approximate surface area is 124 Å². The molecule has 0 aromatic heterocycles. The number of hydrogen-bond donors (Lipinski definition) is 3. The number of primary amides is 1. The molecule has 0 spiro atoms. The maximum atomic E-state index is 12.2. The Bertz CT molecular complexity index is 544. The zero-order chi connectivity index (χ0) is 15.4. The van der Waals surface area contributed by atoms with E-state index in [0.717, 1.165) is 24.3 Å². The molecule has 6 nitrogen and oxygen atoms in total. The van der Waals surface area contributed by atoms with Crippen LogP contribution in [0.15, 0.2) is 18.2 Å².